The smallest absolute Gasteiger partial charge is 0.179 e. The summed E-state index contributed by atoms with van der Waals surface area (Å²) < 4.78 is 13.7. The van der Waals surface area contributed by atoms with Crippen LogP contribution in [0.3, 0.4) is 0 Å². The van der Waals surface area contributed by atoms with Crippen LogP contribution >= 0.6 is 0 Å². The first-order valence-electron chi connectivity index (χ1n) is 7.85. The standard InChI is InChI=1S/C17H23FN2O/c1-19-9-4-5-13-11-20(10-8-16(13)19)12-17(21)14-6-2-3-7-15(14)18/h2-3,6-7,13,16H,4-5,8-12H2,1H3. The van der Waals surface area contributed by atoms with Crippen LogP contribution in [0.2, 0.25) is 0 Å². The van der Waals surface area contributed by atoms with Gasteiger partial charge in [-0.15, -0.1) is 0 Å². The SMILES string of the molecule is CN1CCCC2CN(CC(=O)c3ccccc3F)CCC21. The summed E-state index contributed by atoms with van der Waals surface area (Å²) in [6.07, 6.45) is 3.61. The molecule has 2 aliphatic heterocycles. The Morgan fingerprint density at radius 2 is 2.10 bits per heavy atom. The molecular weight excluding hydrogens is 267 g/mol. The topological polar surface area (TPSA) is 23.6 Å². The maximum absolute atomic E-state index is 13.7. The minimum Gasteiger partial charge on any atom is -0.303 e. The van der Waals surface area contributed by atoms with Gasteiger partial charge in [-0.3, -0.25) is 9.69 Å². The molecule has 3 nitrogen and oxygen atoms in total. The summed E-state index contributed by atoms with van der Waals surface area (Å²) in [5.74, 6) is 0.149. The van der Waals surface area contributed by atoms with Crippen LogP contribution in [0.1, 0.15) is 29.6 Å². The van der Waals surface area contributed by atoms with E-state index in [0.29, 0.717) is 18.5 Å². The summed E-state index contributed by atoms with van der Waals surface area (Å²) in [6, 6.07) is 6.95. The fourth-order valence-corrected chi connectivity index (χ4v) is 3.85. The molecule has 21 heavy (non-hydrogen) atoms. The number of rotatable bonds is 3. The third-order valence-electron chi connectivity index (χ3n) is 4.97. The Morgan fingerprint density at radius 1 is 1.29 bits per heavy atom. The maximum atomic E-state index is 13.7. The number of carbonyl (C=O) groups excluding carboxylic acids is 1. The Kier molecular flexibility index (Phi) is 4.36. The second kappa shape index (κ2) is 6.24. The van der Waals surface area contributed by atoms with Gasteiger partial charge in [0.15, 0.2) is 5.78 Å². The van der Waals surface area contributed by atoms with Crippen molar-refractivity contribution in [1.29, 1.82) is 0 Å². The first-order chi connectivity index (χ1) is 10.1. The zero-order valence-electron chi connectivity index (χ0n) is 12.6. The number of hydrogen-bond donors (Lipinski definition) is 0. The van der Waals surface area contributed by atoms with E-state index in [1.807, 2.05) is 0 Å². The fourth-order valence-electron chi connectivity index (χ4n) is 3.85. The van der Waals surface area contributed by atoms with Crippen molar-refractivity contribution in [2.45, 2.75) is 25.3 Å². The van der Waals surface area contributed by atoms with E-state index in [4.69, 9.17) is 0 Å². The van der Waals surface area contributed by atoms with E-state index in [9.17, 15) is 9.18 Å². The molecule has 0 amide bonds. The Morgan fingerprint density at radius 3 is 2.90 bits per heavy atom. The van der Waals surface area contributed by atoms with Crippen LogP contribution in [0, 0.1) is 11.7 Å². The minimum atomic E-state index is -0.408. The third-order valence-corrected chi connectivity index (χ3v) is 4.97. The molecule has 2 aliphatic rings. The normalized spacial score (nSPS) is 27.3. The Balaban J connectivity index is 1.62. The number of fused-ring (bicyclic) bond motifs is 1. The highest BCUT2D eigenvalue weighted by Gasteiger charge is 2.34. The molecule has 0 N–H and O–H groups in total. The third kappa shape index (κ3) is 3.16. The molecule has 0 radical (unpaired) electrons. The molecule has 114 valence electrons. The molecule has 1 aromatic rings. The predicted molar refractivity (Wildman–Crippen MR) is 80.9 cm³/mol. The summed E-state index contributed by atoms with van der Waals surface area (Å²) >= 11 is 0. The summed E-state index contributed by atoms with van der Waals surface area (Å²) in [7, 11) is 2.21. The van der Waals surface area contributed by atoms with E-state index in [1.165, 1.54) is 25.5 Å². The number of Topliss-reactive ketones (excluding diaryl/α,β-unsaturated/α-hetero) is 1. The van der Waals surface area contributed by atoms with E-state index in [-0.39, 0.29) is 11.3 Å². The number of likely N-dealkylation sites (tertiary alicyclic amines) is 2. The maximum Gasteiger partial charge on any atom is 0.179 e. The van der Waals surface area contributed by atoms with Gasteiger partial charge in [-0.25, -0.2) is 4.39 Å². The van der Waals surface area contributed by atoms with Gasteiger partial charge in [-0.1, -0.05) is 12.1 Å². The van der Waals surface area contributed by atoms with Crippen molar-refractivity contribution in [1.82, 2.24) is 9.80 Å². The largest absolute Gasteiger partial charge is 0.303 e. The van der Waals surface area contributed by atoms with E-state index < -0.39 is 5.82 Å². The molecule has 0 bridgehead atoms. The monoisotopic (exact) mass is 290 g/mol. The van der Waals surface area contributed by atoms with Crippen LogP contribution in [0.25, 0.3) is 0 Å². The van der Waals surface area contributed by atoms with Gasteiger partial charge in [0.25, 0.3) is 0 Å². The van der Waals surface area contributed by atoms with Gasteiger partial charge in [0.05, 0.1) is 12.1 Å². The van der Waals surface area contributed by atoms with E-state index in [1.54, 1.807) is 18.2 Å². The average molecular weight is 290 g/mol. The van der Waals surface area contributed by atoms with Crippen molar-refractivity contribution in [3.05, 3.63) is 35.6 Å². The Bertz CT molecular complexity index is 519. The van der Waals surface area contributed by atoms with Crippen LogP contribution in [0.5, 0.6) is 0 Å². The van der Waals surface area contributed by atoms with Crippen LogP contribution in [0.15, 0.2) is 24.3 Å². The lowest BCUT2D eigenvalue weighted by atomic mass is 9.84. The highest BCUT2D eigenvalue weighted by molar-refractivity contribution is 5.97. The summed E-state index contributed by atoms with van der Waals surface area (Å²) in [5.41, 5.74) is 0.223. The van der Waals surface area contributed by atoms with Crippen molar-refractivity contribution >= 4 is 5.78 Å². The quantitative estimate of drug-likeness (QED) is 0.799. The predicted octanol–water partition coefficient (Wildman–Crippen LogP) is 2.42. The average Bonchev–Trinajstić information content (AvgIpc) is 2.48. The van der Waals surface area contributed by atoms with Crippen molar-refractivity contribution in [2.24, 2.45) is 5.92 Å². The van der Waals surface area contributed by atoms with Gasteiger partial charge in [0, 0.05) is 19.1 Å². The van der Waals surface area contributed by atoms with Gasteiger partial charge in [-0.05, 0) is 50.9 Å². The molecule has 2 atom stereocenters. The second-order valence-corrected chi connectivity index (χ2v) is 6.38. The molecule has 2 fully saturated rings. The zero-order valence-corrected chi connectivity index (χ0v) is 12.6. The molecule has 1 aromatic carbocycles. The molecule has 3 rings (SSSR count). The molecule has 0 spiro atoms. The minimum absolute atomic E-state index is 0.101. The second-order valence-electron chi connectivity index (χ2n) is 6.38. The molecular formula is C17H23FN2O. The molecule has 2 unspecified atom stereocenters. The van der Waals surface area contributed by atoms with Gasteiger partial charge in [0.2, 0.25) is 0 Å². The van der Waals surface area contributed by atoms with Crippen LogP contribution in [-0.4, -0.2) is 54.9 Å². The van der Waals surface area contributed by atoms with Crippen LogP contribution in [0.4, 0.5) is 4.39 Å². The molecule has 0 aromatic heterocycles. The highest BCUT2D eigenvalue weighted by atomic mass is 19.1. The fraction of sp³-hybridized carbons (Fsp3) is 0.588. The molecule has 4 heteroatoms. The first kappa shape index (κ1) is 14.7. The number of benzene rings is 1. The van der Waals surface area contributed by atoms with Gasteiger partial charge >= 0.3 is 0 Å². The zero-order chi connectivity index (χ0) is 14.8. The summed E-state index contributed by atoms with van der Waals surface area (Å²) in [4.78, 5) is 16.9. The number of ketones is 1. The molecule has 0 aliphatic carbocycles. The van der Waals surface area contributed by atoms with Crippen LogP contribution in [-0.2, 0) is 0 Å². The van der Waals surface area contributed by atoms with Crippen molar-refractivity contribution in [3.63, 3.8) is 0 Å². The van der Waals surface area contributed by atoms with E-state index in [2.05, 4.69) is 16.8 Å². The highest BCUT2D eigenvalue weighted by Crippen LogP contribution is 2.29. The lowest BCUT2D eigenvalue weighted by Crippen LogP contribution is -2.53. The van der Waals surface area contributed by atoms with E-state index >= 15 is 0 Å². The lowest BCUT2D eigenvalue weighted by Gasteiger charge is -2.45. The number of halogens is 1. The Hall–Kier alpha value is -1.26. The van der Waals surface area contributed by atoms with Crippen molar-refractivity contribution in [2.75, 3.05) is 33.2 Å². The van der Waals surface area contributed by atoms with Gasteiger partial charge < -0.3 is 4.90 Å². The molecule has 2 heterocycles. The summed E-state index contributed by atoms with van der Waals surface area (Å²) in [6.45, 7) is 3.43. The lowest BCUT2D eigenvalue weighted by molar-refractivity contribution is 0.0377. The molecule has 2 saturated heterocycles. The van der Waals surface area contributed by atoms with Gasteiger partial charge in [-0.2, -0.15) is 0 Å². The Labute approximate surface area is 125 Å². The van der Waals surface area contributed by atoms with Crippen molar-refractivity contribution < 1.29 is 9.18 Å². The number of hydrogen-bond acceptors (Lipinski definition) is 3. The summed E-state index contributed by atoms with van der Waals surface area (Å²) in [5, 5.41) is 0. The number of piperidine rings is 2. The number of nitrogens with zero attached hydrogens (tertiary/aromatic N) is 2. The van der Waals surface area contributed by atoms with Crippen LogP contribution < -0.4 is 0 Å². The number of carbonyl (C=O) groups is 1. The first-order valence-corrected chi connectivity index (χ1v) is 7.85. The van der Waals surface area contributed by atoms with Crippen molar-refractivity contribution in [3.8, 4) is 0 Å². The molecule has 0 saturated carbocycles. The van der Waals surface area contributed by atoms with E-state index in [0.717, 1.165) is 19.5 Å². The van der Waals surface area contributed by atoms with Gasteiger partial charge in [0.1, 0.15) is 5.82 Å².